The van der Waals surface area contributed by atoms with Crippen LogP contribution >= 0.6 is 0 Å². The zero-order valence-corrected chi connectivity index (χ0v) is 13.7. The lowest BCUT2D eigenvalue weighted by Gasteiger charge is -2.32. The number of rotatable bonds is 4. The number of amides is 1. The molecule has 25 heavy (non-hydrogen) atoms. The largest absolute Gasteiger partial charge is 0.478 e. The maximum absolute atomic E-state index is 13.8. The van der Waals surface area contributed by atoms with E-state index in [2.05, 4.69) is 4.98 Å². The van der Waals surface area contributed by atoms with E-state index in [0.29, 0.717) is 31.0 Å². The Morgan fingerprint density at radius 2 is 1.92 bits per heavy atom. The first-order valence-corrected chi connectivity index (χ1v) is 8.26. The van der Waals surface area contributed by atoms with Crippen LogP contribution in [0, 0.1) is 11.7 Å². The average Bonchev–Trinajstić information content (AvgIpc) is 2.64. The molecule has 0 aliphatic carbocycles. The molecule has 1 amide bonds. The van der Waals surface area contributed by atoms with E-state index in [1.807, 2.05) is 6.07 Å². The minimum Gasteiger partial charge on any atom is -0.478 e. The van der Waals surface area contributed by atoms with Gasteiger partial charge in [0.15, 0.2) is 0 Å². The number of pyridine rings is 1. The molecule has 3 rings (SSSR count). The van der Waals surface area contributed by atoms with Crippen LogP contribution in [0.4, 0.5) is 4.39 Å². The molecule has 0 spiro atoms. The van der Waals surface area contributed by atoms with Crippen molar-refractivity contribution in [3.63, 3.8) is 0 Å². The number of halogens is 1. The van der Waals surface area contributed by atoms with Crippen molar-refractivity contribution in [2.75, 3.05) is 13.1 Å². The third-order valence-electron chi connectivity index (χ3n) is 4.59. The topological polar surface area (TPSA) is 70.5 Å². The van der Waals surface area contributed by atoms with Gasteiger partial charge in [0, 0.05) is 19.3 Å². The highest BCUT2D eigenvalue weighted by Crippen LogP contribution is 2.23. The molecule has 1 N–H and O–H groups in total. The summed E-state index contributed by atoms with van der Waals surface area (Å²) in [7, 11) is 0. The molecule has 1 saturated heterocycles. The summed E-state index contributed by atoms with van der Waals surface area (Å²) in [5, 5.41) is 9.02. The number of piperidine rings is 1. The van der Waals surface area contributed by atoms with Gasteiger partial charge >= 0.3 is 5.97 Å². The van der Waals surface area contributed by atoms with Gasteiger partial charge in [0.1, 0.15) is 11.5 Å². The van der Waals surface area contributed by atoms with Crippen molar-refractivity contribution >= 4 is 11.9 Å². The lowest BCUT2D eigenvalue weighted by atomic mass is 9.90. The Labute approximate surface area is 145 Å². The van der Waals surface area contributed by atoms with Crippen molar-refractivity contribution in [1.29, 1.82) is 0 Å². The number of nitrogens with zero attached hydrogens (tertiary/aromatic N) is 2. The summed E-state index contributed by atoms with van der Waals surface area (Å²) in [6, 6.07) is 9.44. The Morgan fingerprint density at radius 3 is 2.60 bits per heavy atom. The third kappa shape index (κ3) is 4.02. The zero-order valence-electron chi connectivity index (χ0n) is 13.7. The van der Waals surface area contributed by atoms with Crippen LogP contribution in [0.15, 0.2) is 42.6 Å². The van der Waals surface area contributed by atoms with Gasteiger partial charge < -0.3 is 10.0 Å². The summed E-state index contributed by atoms with van der Waals surface area (Å²) in [4.78, 5) is 29.2. The average molecular weight is 342 g/mol. The van der Waals surface area contributed by atoms with Crippen LogP contribution < -0.4 is 0 Å². The van der Waals surface area contributed by atoms with E-state index in [-0.39, 0.29) is 23.0 Å². The van der Waals surface area contributed by atoms with Crippen LogP contribution in [0.3, 0.4) is 0 Å². The number of aromatic carboxylic acids is 1. The molecular weight excluding hydrogens is 323 g/mol. The fraction of sp³-hybridized carbons (Fsp3) is 0.316. The number of hydrogen-bond acceptors (Lipinski definition) is 3. The quantitative estimate of drug-likeness (QED) is 0.927. The number of carbonyl (C=O) groups excluding carboxylic acids is 1. The first-order valence-electron chi connectivity index (χ1n) is 8.26. The summed E-state index contributed by atoms with van der Waals surface area (Å²) in [5.41, 5.74) is 0.906. The number of carboxylic acids is 1. The van der Waals surface area contributed by atoms with E-state index in [1.54, 1.807) is 17.0 Å². The monoisotopic (exact) mass is 342 g/mol. The minimum atomic E-state index is -1.08. The van der Waals surface area contributed by atoms with Crippen molar-refractivity contribution < 1.29 is 19.1 Å². The Morgan fingerprint density at radius 1 is 1.20 bits per heavy atom. The van der Waals surface area contributed by atoms with Gasteiger partial charge in [-0.25, -0.2) is 9.18 Å². The summed E-state index contributed by atoms with van der Waals surface area (Å²) in [6.45, 7) is 1.13. The number of carbonyl (C=O) groups is 2. The third-order valence-corrected chi connectivity index (χ3v) is 4.59. The van der Waals surface area contributed by atoms with E-state index < -0.39 is 5.97 Å². The van der Waals surface area contributed by atoms with Crippen LogP contribution in [-0.2, 0) is 6.42 Å². The maximum Gasteiger partial charge on any atom is 0.335 e. The molecule has 5 nitrogen and oxygen atoms in total. The van der Waals surface area contributed by atoms with Gasteiger partial charge in [0.05, 0.1) is 5.56 Å². The second kappa shape index (κ2) is 7.42. The Bertz CT molecular complexity index is 786. The molecule has 1 aliphatic rings. The fourth-order valence-corrected chi connectivity index (χ4v) is 3.16. The molecule has 0 saturated carbocycles. The van der Waals surface area contributed by atoms with E-state index in [1.165, 1.54) is 24.4 Å². The summed E-state index contributed by atoms with van der Waals surface area (Å²) < 4.78 is 13.8. The van der Waals surface area contributed by atoms with Gasteiger partial charge in [-0.2, -0.15) is 0 Å². The van der Waals surface area contributed by atoms with Crippen molar-refractivity contribution in [3.8, 4) is 0 Å². The van der Waals surface area contributed by atoms with E-state index in [0.717, 1.165) is 12.8 Å². The van der Waals surface area contributed by atoms with Gasteiger partial charge in [0.2, 0.25) is 0 Å². The maximum atomic E-state index is 13.8. The SMILES string of the molecule is O=C(O)c1ccnc(C(=O)N2CCC(Cc3ccccc3F)CC2)c1. The predicted molar refractivity (Wildman–Crippen MR) is 89.9 cm³/mol. The van der Waals surface area contributed by atoms with Crippen molar-refractivity contribution in [2.45, 2.75) is 19.3 Å². The number of likely N-dealkylation sites (tertiary alicyclic amines) is 1. The lowest BCUT2D eigenvalue weighted by Crippen LogP contribution is -2.39. The van der Waals surface area contributed by atoms with Gasteiger partial charge in [-0.15, -0.1) is 0 Å². The molecule has 0 bridgehead atoms. The molecule has 0 atom stereocenters. The minimum absolute atomic E-state index is 0.0489. The van der Waals surface area contributed by atoms with Crippen LogP contribution in [0.5, 0.6) is 0 Å². The standard InChI is InChI=1S/C19H19FN2O3/c20-16-4-2-1-3-14(16)11-13-6-9-22(10-7-13)18(23)17-12-15(19(24)25)5-8-21-17/h1-5,8,12-13H,6-7,9-11H2,(H,24,25). The van der Waals surface area contributed by atoms with Crippen molar-refractivity contribution in [1.82, 2.24) is 9.88 Å². The highest BCUT2D eigenvalue weighted by Gasteiger charge is 2.25. The van der Waals surface area contributed by atoms with Gasteiger partial charge in [-0.1, -0.05) is 18.2 Å². The van der Waals surface area contributed by atoms with Crippen LogP contribution in [-0.4, -0.2) is 40.0 Å². The van der Waals surface area contributed by atoms with Gasteiger partial charge in [0.25, 0.3) is 5.91 Å². The molecule has 130 valence electrons. The van der Waals surface area contributed by atoms with Crippen molar-refractivity contribution in [3.05, 3.63) is 65.2 Å². The molecule has 0 unspecified atom stereocenters. The number of benzene rings is 1. The van der Waals surface area contributed by atoms with E-state index >= 15 is 0 Å². The Balaban J connectivity index is 1.60. The number of hydrogen-bond donors (Lipinski definition) is 1. The molecule has 2 aromatic rings. The molecule has 1 fully saturated rings. The van der Waals surface area contributed by atoms with Crippen LogP contribution in [0.25, 0.3) is 0 Å². The van der Waals surface area contributed by atoms with Crippen molar-refractivity contribution in [2.24, 2.45) is 5.92 Å². The molecule has 6 heteroatoms. The lowest BCUT2D eigenvalue weighted by molar-refractivity contribution is 0.0684. The normalized spacial score (nSPS) is 15.2. The molecule has 0 radical (unpaired) electrons. The summed E-state index contributed by atoms with van der Waals surface area (Å²) in [6.07, 6.45) is 3.58. The molecule has 1 aromatic carbocycles. The predicted octanol–water partition coefficient (Wildman–Crippen LogP) is 3.01. The Hall–Kier alpha value is -2.76. The summed E-state index contributed by atoms with van der Waals surface area (Å²) in [5.74, 6) is -1.19. The van der Waals surface area contributed by atoms with E-state index in [4.69, 9.17) is 5.11 Å². The van der Waals surface area contributed by atoms with E-state index in [9.17, 15) is 14.0 Å². The number of carboxylic acid groups (broad SMARTS) is 1. The van der Waals surface area contributed by atoms with Crippen LogP contribution in [0.2, 0.25) is 0 Å². The second-order valence-electron chi connectivity index (χ2n) is 6.27. The fourth-order valence-electron chi connectivity index (χ4n) is 3.16. The second-order valence-corrected chi connectivity index (χ2v) is 6.27. The molecule has 2 heterocycles. The molecular formula is C19H19FN2O3. The van der Waals surface area contributed by atoms with Gasteiger partial charge in [-0.3, -0.25) is 9.78 Å². The summed E-state index contributed by atoms with van der Waals surface area (Å²) >= 11 is 0. The smallest absolute Gasteiger partial charge is 0.335 e. The zero-order chi connectivity index (χ0) is 17.8. The molecule has 1 aliphatic heterocycles. The Kier molecular flexibility index (Phi) is 5.07. The first kappa shape index (κ1) is 17.1. The first-order chi connectivity index (χ1) is 12.0. The highest BCUT2D eigenvalue weighted by molar-refractivity contribution is 5.95. The molecule has 1 aromatic heterocycles. The number of aromatic nitrogens is 1. The highest BCUT2D eigenvalue weighted by atomic mass is 19.1. The van der Waals surface area contributed by atoms with Gasteiger partial charge in [-0.05, 0) is 48.9 Å². The van der Waals surface area contributed by atoms with Crippen LogP contribution in [0.1, 0.15) is 39.3 Å².